The lowest BCUT2D eigenvalue weighted by molar-refractivity contribution is -0.121. The van der Waals surface area contributed by atoms with Gasteiger partial charge in [-0.3, -0.25) is 4.79 Å². The van der Waals surface area contributed by atoms with E-state index in [1.165, 1.54) is 9.70 Å². The summed E-state index contributed by atoms with van der Waals surface area (Å²) in [5.41, 5.74) is 3.94. The molecule has 1 aromatic heterocycles. The molecule has 0 radical (unpaired) electrons. The van der Waals surface area contributed by atoms with E-state index in [-0.39, 0.29) is 18.7 Å². The molecule has 0 N–H and O–H groups in total. The summed E-state index contributed by atoms with van der Waals surface area (Å²) in [7, 11) is 0. The zero-order valence-electron chi connectivity index (χ0n) is 17.7. The third kappa shape index (κ3) is 5.14. The Balaban J connectivity index is 1.72. The zero-order chi connectivity index (χ0) is 22.4. The van der Waals surface area contributed by atoms with Crippen LogP contribution in [0.3, 0.4) is 0 Å². The molecule has 0 aliphatic rings. The van der Waals surface area contributed by atoms with Crippen LogP contribution in [0.2, 0.25) is 0 Å². The number of benzene rings is 2. The van der Waals surface area contributed by atoms with Gasteiger partial charge in [0.15, 0.2) is 12.3 Å². The van der Waals surface area contributed by atoms with E-state index >= 15 is 0 Å². The summed E-state index contributed by atoms with van der Waals surface area (Å²) in [6.07, 6.45) is 0.165. The van der Waals surface area contributed by atoms with Gasteiger partial charge in [-0.25, -0.2) is 4.79 Å². The van der Waals surface area contributed by atoms with E-state index in [4.69, 9.17) is 10.00 Å². The largest absolute Gasteiger partial charge is 0.451 e. The molecule has 0 bridgehead atoms. The molecule has 1 heterocycles. The van der Waals surface area contributed by atoms with Crippen molar-refractivity contribution >= 4 is 17.6 Å². The summed E-state index contributed by atoms with van der Waals surface area (Å²) in [5, 5.41) is 17.5. The minimum Gasteiger partial charge on any atom is -0.451 e. The topological polar surface area (TPSA) is 101 Å². The lowest BCUT2D eigenvalue weighted by Gasteiger charge is -2.21. The molecule has 0 saturated heterocycles. The van der Waals surface area contributed by atoms with Crippen molar-refractivity contribution in [3.05, 3.63) is 71.0 Å². The molecule has 31 heavy (non-hydrogen) atoms. The Bertz CT molecular complexity index is 1130. The van der Waals surface area contributed by atoms with Crippen LogP contribution >= 0.6 is 0 Å². The monoisotopic (exact) mass is 417 g/mol. The van der Waals surface area contributed by atoms with Gasteiger partial charge in [-0.2, -0.15) is 15.2 Å². The number of anilines is 1. The number of rotatable bonds is 7. The Morgan fingerprint density at radius 3 is 2.52 bits per heavy atom. The van der Waals surface area contributed by atoms with E-state index in [2.05, 4.69) is 10.2 Å². The number of amides is 1. The molecule has 3 rings (SSSR count). The summed E-state index contributed by atoms with van der Waals surface area (Å²) < 4.78 is 5.22. The van der Waals surface area contributed by atoms with Gasteiger partial charge in [0, 0.05) is 12.2 Å². The predicted molar refractivity (Wildman–Crippen MR) is 115 cm³/mol. The number of aryl methyl sites for hydroxylation is 3. The van der Waals surface area contributed by atoms with Crippen LogP contribution in [0, 0.1) is 32.1 Å². The van der Waals surface area contributed by atoms with Gasteiger partial charge in [0.2, 0.25) is 0 Å². The predicted octanol–water partition coefficient (Wildman–Crippen LogP) is 3.30. The highest BCUT2D eigenvalue weighted by Gasteiger charge is 2.22. The van der Waals surface area contributed by atoms with Crippen LogP contribution in [0.5, 0.6) is 0 Å². The Kier molecular flexibility index (Phi) is 6.78. The highest BCUT2D eigenvalue weighted by molar-refractivity contribution is 5.96. The van der Waals surface area contributed by atoms with Crippen LogP contribution in [-0.4, -0.2) is 40.0 Å². The number of hydrogen-bond donors (Lipinski definition) is 0. The Morgan fingerprint density at radius 2 is 1.84 bits per heavy atom. The fourth-order valence-corrected chi connectivity index (χ4v) is 3.15. The number of hydrogen-bond acceptors (Lipinski definition) is 6. The molecule has 158 valence electrons. The van der Waals surface area contributed by atoms with Gasteiger partial charge >= 0.3 is 5.97 Å². The second kappa shape index (κ2) is 9.67. The third-order valence-electron chi connectivity index (χ3n) is 4.69. The number of carbonyl (C=O) groups excluding carboxylic acids is 2. The molecule has 0 aliphatic heterocycles. The first-order valence-electron chi connectivity index (χ1n) is 9.81. The van der Waals surface area contributed by atoms with Crippen molar-refractivity contribution < 1.29 is 14.3 Å². The fraction of sp³-hybridized carbons (Fsp3) is 0.261. The van der Waals surface area contributed by atoms with E-state index in [1.54, 1.807) is 31.2 Å². The van der Waals surface area contributed by atoms with Crippen molar-refractivity contribution in [1.82, 2.24) is 15.0 Å². The van der Waals surface area contributed by atoms with E-state index in [9.17, 15) is 9.59 Å². The van der Waals surface area contributed by atoms with Gasteiger partial charge in [-0.05, 0) is 44.5 Å². The van der Waals surface area contributed by atoms with E-state index in [0.717, 1.165) is 16.8 Å². The number of esters is 1. The molecule has 0 unspecified atom stereocenters. The summed E-state index contributed by atoms with van der Waals surface area (Å²) >= 11 is 0. The molecule has 8 nitrogen and oxygen atoms in total. The minimum atomic E-state index is -0.727. The highest BCUT2D eigenvalue weighted by atomic mass is 16.5. The van der Waals surface area contributed by atoms with Gasteiger partial charge in [0.1, 0.15) is 0 Å². The second-order valence-corrected chi connectivity index (χ2v) is 7.08. The molecule has 3 aromatic rings. The normalized spacial score (nSPS) is 10.4. The zero-order valence-corrected chi connectivity index (χ0v) is 17.7. The number of aromatic nitrogens is 3. The number of para-hydroxylation sites is 1. The lowest BCUT2D eigenvalue weighted by atomic mass is 10.1. The van der Waals surface area contributed by atoms with E-state index < -0.39 is 18.5 Å². The van der Waals surface area contributed by atoms with Gasteiger partial charge in [0.25, 0.3) is 5.91 Å². The summed E-state index contributed by atoms with van der Waals surface area (Å²) in [6, 6.07) is 16.8. The number of carbonyl (C=O) groups is 2. The van der Waals surface area contributed by atoms with Gasteiger partial charge in [0.05, 0.1) is 23.9 Å². The molecule has 0 fully saturated rings. The molecule has 8 heteroatoms. The molecular weight excluding hydrogens is 394 g/mol. The summed E-state index contributed by atoms with van der Waals surface area (Å²) in [6.45, 7) is 5.34. The van der Waals surface area contributed by atoms with Crippen molar-refractivity contribution in [3.63, 3.8) is 0 Å². The van der Waals surface area contributed by atoms with Crippen LogP contribution in [0.4, 0.5) is 5.69 Å². The molecule has 0 atom stereocenters. The first-order valence-corrected chi connectivity index (χ1v) is 9.81. The van der Waals surface area contributed by atoms with E-state index in [0.29, 0.717) is 11.4 Å². The maximum absolute atomic E-state index is 12.7. The average Bonchev–Trinajstić information content (AvgIpc) is 3.14. The van der Waals surface area contributed by atoms with Crippen molar-refractivity contribution in [2.45, 2.75) is 27.2 Å². The second-order valence-electron chi connectivity index (χ2n) is 7.08. The average molecular weight is 417 g/mol. The number of nitrogens with zero attached hydrogens (tertiary/aromatic N) is 5. The van der Waals surface area contributed by atoms with Gasteiger partial charge < -0.3 is 9.64 Å². The maximum Gasteiger partial charge on any atom is 0.361 e. The highest BCUT2D eigenvalue weighted by Crippen LogP contribution is 2.17. The Hall–Kier alpha value is -3.99. The van der Waals surface area contributed by atoms with Crippen molar-refractivity contribution in [3.8, 4) is 11.8 Å². The van der Waals surface area contributed by atoms with Gasteiger partial charge in [-0.15, -0.1) is 5.10 Å². The summed E-state index contributed by atoms with van der Waals surface area (Å²) in [4.78, 5) is 28.1. The van der Waals surface area contributed by atoms with Crippen LogP contribution in [0.25, 0.3) is 5.69 Å². The smallest absolute Gasteiger partial charge is 0.361 e. The first kappa shape index (κ1) is 21.7. The van der Waals surface area contributed by atoms with Crippen molar-refractivity contribution in [2.75, 3.05) is 18.1 Å². The molecule has 0 spiro atoms. The summed E-state index contributed by atoms with van der Waals surface area (Å²) in [5.74, 6) is -1.15. The Labute approximate surface area is 180 Å². The van der Waals surface area contributed by atoms with E-state index in [1.807, 2.05) is 44.2 Å². The van der Waals surface area contributed by atoms with Gasteiger partial charge in [-0.1, -0.05) is 35.9 Å². The fourth-order valence-electron chi connectivity index (χ4n) is 3.15. The minimum absolute atomic E-state index is 0.0519. The standard InChI is InChI=1S/C23H23N5O3/c1-16-10-11-20(17(2)14-16)28-25-18(3)22(26-28)23(30)31-15-21(29)27(13-7-12-24)19-8-5-4-6-9-19/h4-6,8-11,14H,7,13,15H2,1-3H3. The molecule has 0 saturated carbocycles. The van der Waals surface area contributed by atoms with Crippen molar-refractivity contribution in [1.29, 1.82) is 5.26 Å². The molecule has 2 aromatic carbocycles. The third-order valence-corrected chi connectivity index (χ3v) is 4.69. The molecule has 1 amide bonds. The first-order chi connectivity index (χ1) is 14.9. The number of nitriles is 1. The van der Waals surface area contributed by atoms with Crippen LogP contribution < -0.4 is 4.90 Å². The van der Waals surface area contributed by atoms with Crippen molar-refractivity contribution in [2.24, 2.45) is 0 Å². The van der Waals surface area contributed by atoms with Crippen LogP contribution in [0.1, 0.15) is 33.7 Å². The number of ether oxygens (including phenoxy) is 1. The maximum atomic E-state index is 12.7. The quantitative estimate of drug-likeness (QED) is 0.547. The molecule has 0 aliphatic carbocycles. The van der Waals surface area contributed by atoms with Crippen LogP contribution in [0.15, 0.2) is 48.5 Å². The van der Waals surface area contributed by atoms with Crippen LogP contribution in [-0.2, 0) is 9.53 Å². The Morgan fingerprint density at radius 1 is 1.10 bits per heavy atom. The lowest BCUT2D eigenvalue weighted by Crippen LogP contribution is -2.35. The SMILES string of the molecule is Cc1ccc(-n2nc(C)c(C(=O)OCC(=O)N(CCC#N)c3ccccc3)n2)c(C)c1. The molecular formula is C23H23N5O3.